The van der Waals surface area contributed by atoms with E-state index in [0.29, 0.717) is 19.1 Å². The summed E-state index contributed by atoms with van der Waals surface area (Å²) in [4.78, 5) is 11.7. The second kappa shape index (κ2) is 12.3. The van der Waals surface area contributed by atoms with Crippen molar-refractivity contribution in [1.82, 2.24) is 20.5 Å². The standard InChI is InChI=1S/C25H37N5O2/c1-5-15-31-23-10-8-7-9-22(23)17-28-25(26-6-2)27-16-21-11-13-30(14-12-21)18-24-29-19(3)20(4)32-24/h5,7-10,21H,1,6,11-18H2,2-4H3,(H2,26,27,28). The van der Waals surface area contributed by atoms with Gasteiger partial charge in [-0.05, 0) is 58.7 Å². The third kappa shape index (κ3) is 7.12. The first-order chi connectivity index (χ1) is 15.6. The summed E-state index contributed by atoms with van der Waals surface area (Å²) in [7, 11) is 0. The van der Waals surface area contributed by atoms with Crippen molar-refractivity contribution in [2.45, 2.75) is 46.7 Å². The zero-order chi connectivity index (χ0) is 22.8. The maximum Gasteiger partial charge on any atom is 0.208 e. The van der Waals surface area contributed by atoms with Crippen LogP contribution in [0.2, 0.25) is 0 Å². The normalized spacial score (nSPS) is 15.5. The Hall–Kier alpha value is -2.80. The maximum atomic E-state index is 5.75. The Kier molecular flexibility index (Phi) is 9.16. The summed E-state index contributed by atoms with van der Waals surface area (Å²) in [5.41, 5.74) is 2.06. The topological polar surface area (TPSA) is 74.9 Å². The third-order valence-electron chi connectivity index (χ3n) is 5.78. The van der Waals surface area contributed by atoms with Gasteiger partial charge < -0.3 is 19.8 Å². The minimum Gasteiger partial charge on any atom is -0.489 e. The van der Waals surface area contributed by atoms with Crippen LogP contribution in [0.15, 0.2) is 46.3 Å². The molecule has 1 aromatic carbocycles. The van der Waals surface area contributed by atoms with Gasteiger partial charge in [-0.3, -0.25) is 4.90 Å². The molecule has 7 nitrogen and oxygen atoms in total. The molecule has 7 heteroatoms. The van der Waals surface area contributed by atoms with E-state index in [1.807, 2.05) is 32.0 Å². The predicted octanol–water partition coefficient (Wildman–Crippen LogP) is 3.82. The number of aromatic nitrogens is 1. The van der Waals surface area contributed by atoms with Crippen LogP contribution >= 0.6 is 0 Å². The SMILES string of the molecule is C=CCOc1ccccc1CN=C(NCC)NCC1CCN(Cc2nc(C)c(C)o2)CC1. The van der Waals surface area contributed by atoms with Gasteiger partial charge >= 0.3 is 0 Å². The van der Waals surface area contributed by atoms with E-state index in [9.17, 15) is 0 Å². The molecule has 0 radical (unpaired) electrons. The van der Waals surface area contributed by atoms with Gasteiger partial charge in [0.1, 0.15) is 18.1 Å². The fourth-order valence-corrected chi connectivity index (χ4v) is 3.82. The summed E-state index contributed by atoms with van der Waals surface area (Å²) in [5.74, 6) is 4.08. The number of aryl methyl sites for hydroxylation is 2. The fourth-order valence-electron chi connectivity index (χ4n) is 3.82. The number of benzene rings is 1. The summed E-state index contributed by atoms with van der Waals surface area (Å²) in [6.07, 6.45) is 4.07. The Balaban J connectivity index is 1.47. The quantitative estimate of drug-likeness (QED) is 0.333. The highest BCUT2D eigenvalue weighted by Crippen LogP contribution is 2.20. The number of likely N-dealkylation sites (tertiary alicyclic amines) is 1. The van der Waals surface area contributed by atoms with Crippen molar-refractivity contribution in [2.75, 3.05) is 32.8 Å². The lowest BCUT2D eigenvalue weighted by Gasteiger charge is -2.31. The molecule has 0 atom stereocenters. The number of ether oxygens (including phenoxy) is 1. The van der Waals surface area contributed by atoms with Gasteiger partial charge in [-0.1, -0.05) is 30.9 Å². The van der Waals surface area contributed by atoms with Crippen molar-refractivity contribution in [1.29, 1.82) is 0 Å². The van der Waals surface area contributed by atoms with E-state index in [1.165, 1.54) is 0 Å². The number of oxazole rings is 1. The lowest BCUT2D eigenvalue weighted by Crippen LogP contribution is -2.42. The van der Waals surface area contributed by atoms with Crippen LogP contribution in [-0.4, -0.2) is 48.6 Å². The van der Waals surface area contributed by atoms with Gasteiger partial charge in [0.25, 0.3) is 0 Å². The van der Waals surface area contributed by atoms with Crippen LogP contribution in [0.3, 0.4) is 0 Å². The molecular weight excluding hydrogens is 402 g/mol. The number of nitrogens with zero attached hydrogens (tertiary/aromatic N) is 3. The van der Waals surface area contributed by atoms with Crippen molar-refractivity contribution in [3.05, 3.63) is 59.8 Å². The van der Waals surface area contributed by atoms with E-state index in [4.69, 9.17) is 14.1 Å². The van der Waals surface area contributed by atoms with E-state index in [1.54, 1.807) is 6.08 Å². The van der Waals surface area contributed by atoms with Crippen molar-refractivity contribution >= 4 is 5.96 Å². The lowest BCUT2D eigenvalue weighted by atomic mass is 9.97. The van der Waals surface area contributed by atoms with Gasteiger partial charge in [0.15, 0.2) is 5.96 Å². The molecule has 174 valence electrons. The molecule has 0 bridgehead atoms. The van der Waals surface area contributed by atoms with Gasteiger partial charge in [0.2, 0.25) is 5.89 Å². The van der Waals surface area contributed by atoms with Crippen LogP contribution in [-0.2, 0) is 13.1 Å². The van der Waals surface area contributed by atoms with E-state index in [-0.39, 0.29) is 0 Å². The first-order valence-electron chi connectivity index (χ1n) is 11.6. The zero-order valence-electron chi connectivity index (χ0n) is 19.7. The Bertz CT molecular complexity index is 865. The van der Waals surface area contributed by atoms with E-state index in [0.717, 1.165) is 80.2 Å². The monoisotopic (exact) mass is 439 g/mol. The number of hydrogen-bond donors (Lipinski definition) is 2. The van der Waals surface area contributed by atoms with Gasteiger partial charge in [-0.2, -0.15) is 0 Å². The summed E-state index contributed by atoms with van der Waals surface area (Å²) in [6.45, 7) is 15.5. The molecule has 0 aliphatic carbocycles. The highest BCUT2D eigenvalue weighted by molar-refractivity contribution is 5.79. The van der Waals surface area contributed by atoms with Crippen LogP contribution in [0.5, 0.6) is 5.75 Å². The van der Waals surface area contributed by atoms with Gasteiger partial charge in [0.05, 0.1) is 18.8 Å². The lowest BCUT2D eigenvalue weighted by molar-refractivity contribution is 0.164. The first kappa shape index (κ1) is 23.9. The number of rotatable bonds is 10. The van der Waals surface area contributed by atoms with E-state index in [2.05, 4.69) is 40.1 Å². The second-order valence-corrected chi connectivity index (χ2v) is 8.25. The molecule has 1 aliphatic rings. The minimum absolute atomic E-state index is 0.493. The van der Waals surface area contributed by atoms with Gasteiger partial charge in [-0.25, -0.2) is 9.98 Å². The fraction of sp³-hybridized carbons (Fsp3) is 0.520. The van der Waals surface area contributed by atoms with Crippen LogP contribution in [0.4, 0.5) is 0 Å². The molecule has 1 saturated heterocycles. The highest BCUT2D eigenvalue weighted by atomic mass is 16.5. The Morgan fingerprint density at radius 2 is 2.06 bits per heavy atom. The van der Waals surface area contributed by atoms with Crippen molar-refractivity contribution in [2.24, 2.45) is 10.9 Å². The molecule has 1 fully saturated rings. The highest BCUT2D eigenvalue weighted by Gasteiger charge is 2.21. The minimum atomic E-state index is 0.493. The largest absolute Gasteiger partial charge is 0.489 e. The molecular formula is C25H37N5O2. The Labute approximate surface area is 192 Å². The van der Waals surface area contributed by atoms with Crippen molar-refractivity contribution < 1.29 is 9.15 Å². The molecule has 2 aromatic rings. The maximum absolute atomic E-state index is 5.75. The summed E-state index contributed by atoms with van der Waals surface area (Å²) in [6, 6.07) is 8.02. The molecule has 0 unspecified atom stereocenters. The molecule has 32 heavy (non-hydrogen) atoms. The van der Waals surface area contributed by atoms with Gasteiger partial charge in [-0.15, -0.1) is 0 Å². The number of hydrogen-bond acceptors (Lipinski definition) is 5. The third-order valence-corrected chi connectivity index (χ3v) is 5.78. The van der Waals surface area contributed by atoms with Crippen molar-refractivity contribution in [3.63, 3.8) is 0 Å². The van der Waals surface area contributed by atoms with Crippen LogP contribution in [0.25, 0.3) is 0 Å². The summed E-state index contributed by atoms with van der Waals surface area (Å²) >= 11 is 0. The first-order valence-corrected chi connectivity index (χ1v) is 11.6. The molecule has 0 amide bonds. The van der Waals surface area contributed by atoms with Crippen LogP contribution in [0, 0.1) is 19.8 Å². The van der Waals surface area contributed by atoms with Gasteiger partial charge in [0, 0.05) is 18.7 Å². The molecule has 1 aromatic heterocycles. The van der Waals surface area contributed by atoms with Crippen LogP contribution < -0.4 is 15.4 Å². The van der Waals surface area contributed by atoms with E-state index >= 15 is 0 Å². The molecule has 1 aliphatic heterocycles. The number of nitrogens with one attached hydrogen (secondary N) is 2. The van der Waals surface area contributed by atoms with E-state index < -0.39 is 0 Å². The molecule has 2 N–H and O–H groups in total. The predicted molar refractivity (Wildman–Crippen MR) is 129 cm³/mol. The average Bonchev–Trinajstić information content (AvgIpc) is 3.12. The number of aliphatic imine (C=N–C) groups is 1. The zero-order valence-corrected chi connectivity index (χ0v) is 19.7. The molecule has 0 saturated carbocycles. The molecule has 0 spiro atoms. The number of guanidine groups is 1. The van der Waals surface area contributed by atoms with Crippen LogP contribution in [0.1, 0.15) is 42.7 Å². The number of para-hydroxylation sites is 1. The summed E-state index contributed by atoms with van der Waals surface area (Å²) < 4.78 is 11.5. The smallest absolute Gasteiger partial charge is 0.208 e. The Morgan fingerprint density at radius 3 is 2.75 bits per heavy atom. The second-order valence-electron chi connectivity index (χ2n) is 8.25. The summed E-state index contributed by atoms with van der Waals surface area (Å²) in [5, 5.41) is 6.89. The number of piperidine rings is 1. The molecule has 3 rings (SSSR count). The molecule has 2 heterocycles. The van der Waals surface area contributed by atoms with Crippen molar-refractivity contribution in [3.8, 4) is 5.75 Å². The Morgan fingerprint density at radius 1 is 1.28 bits per heavy atom. The average molecular weight is 440 g/mol.